The summed E-state index contributed by atoms with van der Waals surface area (Å²) in [6.07, 6.45) is 0. The minimum Gasteiger partial charge on any atom is -0.508 e. The number of para-hydroxylation sites is 1. The maximum Gasteiger partial charge on any atom is 0.115 e. The Balaban J connectivity index is 0.000000181. The van der Waals surface area contributed by atoms with Gasteiger partial charge in [-0.15, -0.1) is 0 Å². The fraction of sp³-hybridized carbons (Fsp3) is 0.200. The molecule has 0 aromatic heterocycles. The number of hydrogen-bond donors (Lipinski definition) is 2. The smallest absolute Gasteiger partial charge is 0.115 e. The molecule has 2 aromatic carbocycles. The van der Waals surface area contributed by atoms with Crippen molar-refractivity contribution in [3.63, 3.8) is 0 Å². The lowest BCUT2D eigenvalue weighted by Crippen LogP contribution is -1.84. The predicted molar refractivity (Wildman–Crippen MR) is 73.1 cm³/mol. The molecular formula is C15H19NO. The summed E-state index contributed by atoms with van der Waals surface area (Å²) < 4.78 is 0. The monoisotopic (exact) mass is 229 g/mol. The second-order valence-electron chi connectivity index (χ2n) is 4.16. The van der Waals surface area contributed by atoms with E-state index in [0.717, 1.165) is 5.69 Å². The zero-order valence-corrected chi connectivity index (χ0v) is 10.3. The van der Waals surface area contributed by atoms with Crippen molar-refractivity contribution in [3.8, 4) is 5.75 Å². The minimum absolute atomic E-state index is 0.337. The summed E-state index contributed by atoms with van der Waals surface area (Å²) in [4.78, 5) is 0. The van der Waals surface area contributed by atoms with Gasteiger partial charge in [-0.2, -0.15) is 0 Å². The standard InChI is InChI=1S/C9H12O.C6H7N/c1-7(2)8-3-5-9(10)6-4-8;7-6-4-2-1-3-5-6/h3-7,10H,1-2H3;1-5H,7H2. The van der Waals surface area contributed by atoms with Crippen molar-refractivity contribution in [2.75, 3.05) is 5.73 Å². The summed E-state index contributed by atoms with van der Waals surface area (Å²) >= 11 is 0. The van der Waals surface area contributed by atoms with Gasteiger partial charge < -0.3 is 10.8 Å². The van der Waals surface area contributed by atoms with Crippen LogP contribution < -0.4 is 5.73 Å². The molecule has 0 saturated heterocycles. The fourth-order valence-corrected chi connectivity index (χ4v) is 1.31. The predicted octanol–water partition coefficient (Wildman–Crippen LogP) is 3.78. The number of phenolic OH excluding ortho intramolecular Hbond substituents is 1. The number of rotatable bonds is 1. The number of hydrogen-bond acceptors (Lipinski definition) is 2. The van der Waals surface area contributed by atoms with Gasteiger partial charge in [0.15, 0.2) is 0 Å². The third-order valence-electron chi connectivity index (χ3n) is 2.36. The second kappa shape index (κ2) is 6.59. The Morgan fingerprint density at radius 1 is 0.882 bits per heavy atom. The first-order valence-electron chi connectivity index (χ1n) is 5.69. The molecule has 2 heteroatoms. The summed E-state index contributed by atoms with van der Waals surface area (Å²) in [5.41, 5.74) is 7.44. The van der Waals surface area contributed by atoms with Crippen LogP contribution in [0.25, 0.3) is 0 Å². The van der Waals surface area contributed by atoms with Crippen molar-refractivity contribution in [1.29, 1.82) is 0 Å². The van der Waals surface area contributed by atoms with Crippen LogP contribution in [0, 0.1) is 0 Å². The van der Waals surface area contributed by atoms with Gasteiger partial charge >= 0.3 is 0 Å². The zero-order chi connectivity index (χ0) is 12.7. The third-order valence-corrected chi connectivity index (χ3v) is 2.36. The van der Waals surface area contributed by atoms with E-state index in [1.165, 1.54) is 5.56 Å². The quantitative estimate of drug-likeness (QED) is 0.731. The van der Waals surface area contributed by atoms with Crippen LogP contribution in [-0.4, -0.2) is 5.11 Å². The summed E-state index contributed by atoms with van der Waals surface area (Å²) in [5, 5.41) is 8.94. The Morgan fingerprint density at radius 3 is 1.76 bits per heavy atom. The lowest BCUT2D eigenvalue weighted by Gasteiger charge is -2.03. The van der Waals surface area contributed by atoms with E-state index in [-0.39, 0.29) is 0 Å². The van der Waals surface area contributed by atoms with Crippen LogP contribution in [0.2, 0.25) is 0 Å². The zero-order valence-electron chi connectivity index (χ0n) is 10.3. The van der Waals surface area contributed by atoms with Crippen molar-refractivity contribution in [1.82, 2.24) is 0 Å². The number of benzene rings is 2. The van der Waals surface area contributed by atoms with Crippen LogP contribution in [0.5, 0.6) is 5.75 Å². The number of aromatic hydroxyl groups is 1. The van der Waals surface area contributed by atoms with Crippen molar-refractivity contribution < 1.29 is 5.11 Å². The highest BCUT2D eigenvalue weighted by Crippen LogP contribution is 2.16. The number of anilines is 1. The van der Waals surface area contributed by atoms with Gasteiger partial charge in [0, 0.05) is 5.69 Å². The molecule has 0 radical (unpaired) electrons. The molecule has 0 amide bonds. The van der Waals surface area contributed by atoms with Gasteiger partial charge in [-0.1, -0.05) is 44.2 Å². The third kappa shape index (κ3) is 5.07. The molecule has 0 aliphatic heterocycles. The van der Waals surface area contributed by atoms with E-state index >= 15 is 0 Å². The van der Waals surface area contributed by atoms with Crippen molar-refractivity contribution in [2.24, 2.45) is 0 Å². The molecular weight excluding hydrogens is 210 g/mol. The van der Waals surface area contributed by atoms with Crippen LogP contribution in [0.1, 0.15) is 25.3 Å². The molecule has 3 N–H and O–H groups in total. The first-order chi connectivity index (χ1) is 8.09. The maximum absolute atomic E-state index is 8.94. The number of phenols is 1. The largest absolute Gasteiger partial charge is 0.508 e. The van der Waals surface area contributed by atoms with E-state index < -0.39 is 0 Å². The molecule has 0 aliphatic carbocycles. The van der Waals surface area contributed by atoms with Gasteiger partial charge in [0.2, 0.25) is 0 Å². The normalized spacial score (nSPS) is 9.59. The molecule has 2 rings (SSSR count). The SMILES string of the molecule is CC(C)c1ccc(O)cc1.Nc1ccccc1. The molecule has 0 unspecified atom stereocenters. The van der Waals surface area contributed by atoms with E-state index in [1.54, 1.807) is 12.1 Å². The Bertz CT molecular complexity index is 420. The Labute approximate surface area is 103 Å². The van der Waals surface area contributed by atoms with Crippen LogP contribution >= 0.6 is 0 Å². The summed E-state index contributed by atoms with van der Waals surface area (Å²) in [6, 6.07) is 16.8. The van der Waals surface area contributed by atoms with Crippen LogP contribution in [0.15, 0.2) is 54.6 Å². The second-order valence-corrected chi connectivity index (χ2v) is 4.16. The van der Waals surface area contributed by atoms with Gasteiger partial charge in [-0.25, -0.2) is 0 Å². The van der Waals surface area contributed by atoms with Gasteiger partial charge in [0.25, 0.3) is 0 Å². The van der Waals surface area contributed by atoms with Crippen LogP contribution in [0.3, 0.4) is 0 Å². The van der Waals surface area contributed by atoms with Crippen molar-refractivity contribution in [2.45, 2.75) is 19.8 Å². The fourth-order valence-electron chi connectivity index (χ4n) is 1.31. The highest BCUT2D eigenvalue weighted by Gasteiger charge is 1.96. The van der Waals surface area contributed by atoms with E-state index in [9.17, 15) is 0 Å². The van der Waals surface area contributed by atoms with E-state index in [4.69, 9.17) is 10.8 Å². The molecule has 0 heterocycles. The molecule has 17 heavy (non-hydrogen) atoms. The molecule has 0 spiro atoms. The van der Waals surface area contributed by atoms with Gasteiger partial charge in [-0.05, 0) is 35.7 Å². The Kier molecular flexibility index (Phi) is 5.08. The average Bonchev–Trinajstić information content (AvgIpc) is 2.31. The molecule has 2 aromatic rings. The summed E-state index contributed by atoms with van der Waals surface area (Å²) in [6.45, 7) is 4.26. The lowest BCUT2D eigenvalue weighted by atomic mass is 10.0. The van der Waals surface area contributed by atoms with E-state index in [0.29, 0.717) is 11.7 Å². The van der Waals surface area contributed by atoms with Gasteiger partial charge in [0.05, 0.1) is 0 Å². The van der Waals surface area contributed by atoms with E-state index in [1.807, 2.05) is 42.5 Å². The van der Waals surface area contributed by atoms with Crippen molar-refractivity contribution >= 4 is 5.69 Å². The first-order valence-corrected chi connectivity index (χ1v) is 5.69. The molecule has 0 saturated carbocycles. The molecule has 0 atom stereocenters. The Morgan fingerprint density at radius 2 is 1.41 bits per heavy atom. The molecule has 0 aliphatic rings. The number of nitrogen functional groups attached to an aromatic ring is 1. The molecule has 90 valence electrons. The summed E-state index contributed by atoms with van der Waals surface area (Å²) in [7, 11) is 0. The molecule has 0 bridgehead atoms. The maximum atomic E-state index is 8.94. The molecule has 2 nitrogen and oxygen atoms in total. The lowest BCUT2D eigenvalue weighted by molar-refractivity contribution is 0.475. The first kappa shape index (κ1) is 13.1. The molecule has 0 fully saturated rings. The highest BCUT2D eigenvalue weighted by atomic mass is 16.3. The van der Waals surface area contributed by atoms with Gasteiger partial charge in [-0.3, -0.25) is 0 Å². The van der Waals surface area contributed by atoms with Gasteiger partial charge in [0.1, 0.15) is 5.75 Å². The highest BCUT2D eigenvalue weighted by molar-refractivity contribution is 5.35. The Hall–Kier alpha value is -1.96. The van der Waals surface area contributed by atoms with Crippen LogP contribution in [0.4, 0.5) is 5.69 Å². The average molecular weight is 229 g/mol. The minimum atomic E-state index is 0.337. The van der Waals surface area contributed by atoms with Crippen molar-refractivity contribution in [3.05, 3.63) is 60.2 Å². The summed E-state index contributed by atoms with van der Waals surface area (Å²) in [5.74, 6) is 0.880. The van der Waals surface area contributed by atoms with Crippen LogP contribution in [-0.2, 0) is 0 Å². The van der Waals surface area contributed by atoms with E-state index in [2.05, 4.69) is 13.8 Å². The topological polar surface area (TPSA) is 46.2 Å². The number of nitrogens with two attached hydrogens (primary N) is 1.